The van der Waals surface area contributed by atoms with E-state index in [4.69, 9.17) is 4.74 Å². The second kappa shape index (κ2) is 15.5. The summed E-state index contributed by atoms with van der Waals surface area (Å²) in [6, 6.07) is 26.4. The van der Waals surface area contributed by atoms with Gasteiger partial charge in [-0.3, -0.25) is 9.69 Å². The molecule has 0 bridgehead atoms. The molecule has 0 atom stereocenters. The summed E-state index contributed by atoms with van der Waals surface area (Å²) in [7, 11) is 0. The van der Waals surface area contributed by atoms with Gasteiger partial charge in [-0.2, -0.15) is 0 Å². The molecule has 41 heavy (non-hydrogen) atoms. The van der Waals surface area contributed by atoms with Crippen molar-refractivity contribution in [3.8, 4) is 11.1 Å². The number of carbonyl (C=O) groups excluding carboxylic acids is 2. The monoisotopic (exact) mass is 556 g/mol. The number of Topliss-reactive ketones (excluding diaryl/α,β-unsaturated/α-hetero) is 1. The van der Waals surface area contributed by atoms with Gasteiger partial charge in [-0.1, -0.05) is 86.1 Å². The van der Waals surface area contributed by atoms with Crippen LogP contribution in [0.3, 0.4) is 0 Å². The molecule has 0 unspecified atom stereocenters. The molecule has 1 amide bonds. The summed E-state index contributed by atoms with van der Waals surface area (Å²) in [6.07, 6.45) is 2.84. The maximum atomic E-state index is 13.5. The summed E-state index contributed by atoms with van der Waals surface area (Å²) in [5.74, 6) is 0.0193. The van der Waals surface area contributed by atoms with Crippen LogP contribution in [0.5, 0.6) is 0 Å². The number of nitrogens with one attached hydrogen (secondary N) is 1. The van der Waals surface area contributed by atoms with Crippen molar-refractivity contribution >= 4 is 17.6 Å². The molecule has 0 radical (unpaired) electrons. The Bertz CT molecular complexity index is 1240. The van der Waals surface area contributed by atoms with Gasteiger partial charge in [-0.25, -0.2) is 14.8 Å². The van der Waals surface area contributed by atoms with Gasteiger partial charge in [-0.15, -0.1) is 0 Å². The number of amides is 1. The lowest BCUT2D eigenvalue weighted by Gasteiger charge is -2.37. The van der Waals surface area contributed by atoms with E-state index in [2.05, 4.69) is 48.1 Å². The van der Waals surface area contributed by atoms with Crippen LogP contribution in [0.2, 0.25) is 0 Å². The van der Waals surface area contributed by atoms with Gasteiger partial charge in [0.05, 0.1) is 12.2 Å². The second-order valence-corrected chi connectivity index (χ2v) is 10.8. The lowest BCUT2D eigenvalue weighted by Crippen LogP contribution is -2.50. The van der Waals surface area contributed by atoms with Crippen LogP contribution in [-0.2, 0) is 11.3 Å². The number of nitrogens with zero attached hydrogens (tertiary/aromatic N) is 3. The third-order valence-corrected chi connectivity index (χ3v) is 7.59. The Labute approximate surface area is 245 Å². The van der Waals surface area contributed by atoms with E-state index >= 15 is 0 Å². The smallest absolute Gasteiger partial charge is 0.429 e. The molecular weight excluding hydrogens is 512 g/mol. The number of hydrogen-bond acceptors (Lipinski definition) is 6. The Morgan fingerprint density at radius 3 is 2.27 bits per heavy atom. The van der Waals surface area contributed by atoms with Crippen molar-refractivity contribution in [1.82, 2.24) is 15.2 Å². The average molecular weight is 557 g/mol. The average Bonchev–Trinajstić information content (AvgIpc) is 3.01. The van der Waals surface area contributed by atoms with Crippen molar-refractivity contribution in [3.63, 3.8) is 0 Å². The molecule has 0 aromatic heterocycles. The largest absolute Gasteiger partial charge is 0.447 e. The van der Waals surface area contributed by atoms with E-state index in [9.17, 15) is 9.59 Å². The molecule has 1 aliphatic rings. The summed E-state index contributed by atoms with van der Waals surface area (Å²) in [6.45, 7) is 10.8. The van der Waals surface area contributed by atoms with Crippen LogP contribution in [0.4, 0.5) is 10.5 Å². The summed E-state index contributed by atoms with van der Waals surface area (Å²) in [4.78, 5) is 28.6. The van der Waals surface area contributed by atoms with Crippen LogP contribution in [0.25, 0.3) is 11.1 Å². The number of rotatable bonds is 13. The van der Waals surface area contributed by atoms with Crippen molar-refractivity contribution in [2.75, 3.05) is 44.3 Å². The van der Waals surface area contributed by atoms with E-state index in [0.29, 0.717) is 18.2 Å². The van der Waals surface area contributed by atoms with E-state index in [-0.39, 0.29) is 18.9 Å². The normalized spacial score (nSPS) is 13.9. The highest BCUT2D eigenvalue weighted by atomic mass is 16.6. The summed E-state index contributed by atoms with van der Waals surface area (Å²) >= 11 is 0. The van der Waals surface area contributed by atoms with E-state index in [1.165, 1.54) is 5.56 Å². The highest BCUT2D eigenvalue weighted by Gasteiger charge is 2.28. The van der Waals surface area contributed by atoms with E-state index < -0.39 is 6.09 Å². The van der Waals surface area contributed by atoms with Crippen molar-refractivity contribution in [2.24, 2.45) is 0 Å². The lowest BCUT2D eigenvalue weighted by atomic mass is 10.0. The van der Waals surface area contributed by atoms with Gasteiger partial charge in [0, 0.05) is 43.3 Å². The molecule has 0 saturated carbocycles. The maximum Gasteiger partial charge on any atom is 0.429 e. The first kappa shape index (κ1) is 30.4. The maximum absolute atomic E-state index is 13.5. The zero-order valence-corrected chi connectivity index (χ0v) is 24.7. The molecule has 1 fully saturated rings. The van der Waals surface area contributed by atoms with E-state index in [0.717, 1.165) is 62.3 Å². The second-order valence-electron chi connectivity index (χ2n) is 10.8. The minimum atomic E-state index is -0.401. The van der Waals surface area contributed by atoms with Crippen LogP contribution in [-0.4, -0.2) is 67.2 Å². The van der Waals surface area contributed by atoms with Gasteiger partial charge in [-0.05, 0) is 50.4 Å². The highest BCUT2D eigenvalue weighted by molar-refractivity contribution is 5.97. The first-order chi connectivity index (χ1) is 20.0. The van der Waals surface area contributed by atoms with Crippen molar-refractivity contribution < 1.29 is 14.3 Å². The van der Waals surface area contributed by atoms with Crippen LogP contribution in [0, 0.1) is 0 Å². The quantitative estimate of drug-likeness (QED) is 0.194. The zero-order chi connectivity index (χ0) is 29.0. The fourth-order valence-electron chi connectivity index (χ4n) is 5.23. The molecule has 3 aromatic rings. The molecule has 3 aromatic carbocycles. The molecule has 1 heterocycles. The number of ketones is 1. The molecular formula is C34H44N4O3. The number of hydrazine groups is 1. The summed E-state index contributed by atoms with van der Waals surface area (Å²) in [5, 5.41) is 6.93. The van der Waals surface area contributed by atoms with Gasteiger partial charge in [0.25, 0.3) is 0 Å². The number of piperidine rings is 1. The molecule has 0 aliphatic carbocycles. The lowest BCUT2D eigenvalue weighted by molar-refractivity contribution is 0.0986. The number of benzene rings is 3. The number of hydrogen-bond donors (Lipinski definition) is 1. The predicted molar refractivity (Wildman–Crippen MR) is 166 cm³/mol. The van der Waals surface area contributed by atoms with Gasteiger partial charge in [0.2, 0.25) is 0 Å². The van der Waals surface area contributed by atoms with Gasteiger partial charge in [0.15, 0.2) is 5.78 Å². The third kappa shape index (κ3) is 8.49. The molecule has 218 valence electrons. The Morgan fingerprint density at radius 1 is 0.902 bits per heavy atom. The molecule has 7 nitrogen and oxygen atoms in total. The number of carbonyl (C=O) groups is 2. The van der Waals surface area contributed by atoms with Gasteiger partial charge >= 0.3 is 6.09 Å². The van der Waals surface area contributed by atoms with Crippen molar-refractivity contribution in [3.05, 3.63) is 90.0 Å². The Hall–Kier alpha value is -3.52. The van der Waals surface area contributed by atoms with Crippen LogP contribution >= 0.6 is 0 Å². The van der Waals surface area contributed by atoms with E-state index in [1.54, 1.807) is 5.01 Å². The SMILES string of the molecule is CCN(Cc1ccc(C(=O)CNCCOC(=O)N(c2ccccc2-c2ccccc2)N2CCCCC2)cc1)C(C)C. The molecule has 4 rings (SSSR count). The molecule has 1 N–H and O–H groups in total. The Kier molecular flexibility index (Phi) is 11.5. The topological polar surface area (TPSA) is 65.1 Å². The molecule has 7 heteroatoms. The van der Waals surface area contributed by atoms with Crippen LogP contribution < -0.4 is 10.3 Å². The standard InChI is InChI=1S/C34H44N4O3/c1-4-36(27(2)3)26-28-17-19-30(20-18-28)33(39)25-35-21-24-41-34(40)38(37-22-11-6-12-23-37)32-16-10-9-15-31(32)29-13-7-5-8-14-29/h5,7-10,13-20,27,35H,4,6,11-12,21-26H2,1-3H3. The third-order valence-electron chi connectivity index (χ3n) is 7.59. The van der Waals surface area contributed by atoms with Gasteiger partial charge in [0.1, 0.15) is 6.61 Å². The number of anilines is 1. The number of para-hydroxylation sites is 1. The minimum Gasteiger partial charge on any atom is -0.447 e. The fraction of sp³-hybridized carbons (Fsp3) is 0.412. The molecule has 1 aliphatic heterocycles. The summed E-state index contributed by atoms with van der Waals surface area (Å²) < 4.78 is 5.74. The van der Waals surface area contributed by atoms with Crippen molar-refractivity contribution in [2.45, 2.75) is 52.6 Å². The minimum absolute atomic E-state index is 0.0193. The van der Waals surface area contributed by atoms with E-state index in [1.807, 2.05) is 66.7 Å². The predicted octanol–water partition coefficient (Wildman–Crippen LogP) is 6.40. The number of ether oxygens (including phenoxy) is 1. The first-order valence-electron chi connectivity index (χ1n) is 14.9. The van der Waals surface area contributed by atoms with Crippen molar-refractivity contribution in [1.29, 1.82) is 0 Å². The van der Waals surface area contributed by atoms with Crippen LogP contribution in [0.1, 0.15) is 56.0 Å². The molecule has 1 saturated heterocycles. The highest BCUT2D eigenvalue weighted by Crippen LogP contribution is 2.33. The Balaban J connectivity index is 1.32. The Morgan fingerprint density at radius 2 is 1.59 bits per heavy atom. The summed E-state index contributed by atoms with van der Waals surface area (Å²) in [5.41, 5.74) is 4.72. The van der Waals surface area contributed by atoms with Gasteiger partial charge < -0.3 is 10.1 Å². The zero-order valence-electron chi connectivity index (χ0n) is 24.7. The fourth-order valence-corrected chi connectivity index (χ4v) is 5.23. The van der Waals surface area contributed by atoms with Crippen LogP contribution in [0.15, 0.2) is 78.9 Å². The first-order valence-corrected chi connectivity index (χ1v) is 14.9. The molecule has 0 spiro atoms.